The Kier molecular flexibility index (Phi) is 18.3. The predicted molar refractivity (Wildman–Crippen MR) is 83.8 cm³/mol. The largest absolute Gasteiger partial charge is 1.00 e. The van der Waals surface area contributed by atoms with E-state index in [0.29, 0.717) is 0 Å². The second kappa shape index (κ2) is 16.2. The van der Waals surface area contributed by atoms with Crippen molar-refractivity contribution >= 4 is 0 Å². The van der Waals surface area contributed by atoms with Crippen LogP contribution in [0.3, 0.4) is 0 Å². The minimum Gasteiger partial charge on any atom is -0.316 e. The van der Waals surface area contributed by atoms with E-state index in [1.54, 1.807) is 0 Å². The van der Waals surface area contributed by atoms with Gasteiger partial charge in [-0.25, -0.2) is 18.6 Å². The number of hydrogen-bond acceptors (Lipinski definition) is 1. The first-order chi connectivity index (χ1) is 8.74. The van der Waals surface area contributed by atoms with Gasteiger partial charge in [-0.05, 0) is 32.5 Å². The fourth-order valence-corrected chi connectivity index (χ4v) is 2.21. The van der Waals surface area contributed by atoms with E-state index in [2.05, 4.69) is 32.6 Å². The van der Waals surface area contributed by atoms with Crippen molar-refractivity contribution in [2.75, 3.05) is 19.6 Å². The maximum atomic E-state index is 3.87. The average Bonchev–Trinajstić information content (AvgIpc) is 2.39. The Balaban J connectivity index is 0. The summed E-state index contributed by atoms with van der Waals surface area (Å²) in [6.07, 6.45) is 12.9. The molecule has 0 aromatic rings. The molecule has 0 amide bonds. The maximum Gasteiger partial charge on any atom is 1.00 e. The molecule has 0 radical (unpaired) electrons. The van der Waals surface area contributed by atoms with Gasteiger partial charge in [0.05, 0.1) is 0 Å². The Hall–Kier alpha value is 0.167. The number of hydrogen-bond donors (Lipinski definition) is 0. The van der Waals surface area contributed by atoms with Gasteiger partial charge in [-0.15, -0.1) is 6.92 Å². The fourth-order valence-electron chi connectivity index (χ4n) is 2.21. The molecule has 0 aliphatic heterocycles. The van der Waals surface area contributed by atoms with Crippen LogP contribution in [0.2, 0.25) is 0 Å². The molecule has 0 fully saturated rings. The van der Waals surface area contributed by atoms with Crippen LogP contribution in [-0.2, 0) is 0 Å². The van der Waals surface area contributed by atoms with Crippen LogP contribution in [-0.4, -0.2) is 24.5 Å². The van der Waals surface area contributed by atoms with Crippen LogP contribution in [0.25, 0.3) is 0 Å². The van der Waals surface area contributed by atoms with Gasteiger partial charge in [-0.1, -0.05) is 52.4 Å². The van der Waals surface area contributed by atoms with E-state index < -0.39 is 0 Å². The summed E-state index contributed by atoms with van der Waals surface area (Å²) < 4.78 is 0. The molecule has 0 spiro atoms. The minimum atomic E-state index is 0. The summed E-state index contributed by atoms with van der Waals surface area (Å²) in [4.78, 5) is 2.61. The zero-order chi connectivity index (χ0) is 13.6. The molecule has 0 unspecified atom stereocenters. The van der Waals surface area contributed by atoms with Crippen LogP contribution in [0.15, 0.2) is 11.6 Å². The van der Waals surface area contributed by atoms with Crippen molar-refractivity contribution in [1.82, 2.24) is 4.90 Å². The molecule has 0 aromatic carbocycles. The summed E-state index contributed by atoms with van der Waals surface area (Å²) in [5.74, 6) is 0. The fraction of sp³-hybridized carbons (Fsp3) is 0.824. The topological polar surface area (TPSA) is 3.24 Å². The minimum absolute atomic E-state index is 0. The van der Waals surface area contributed by atoms with Gasteiger partial charge in [0.1, 0.15) is 0 Å². The Labute approximate surface area is 134 Å². The van der Waals surface area contributed by atoms with Crippen LogP contribution in [0.1, 0.15) is 72.1 Å². The van der Waals surface area contributed by atoms with Crippen LogP contribution in [0, 0.1) is 6.92 Å². The van der Waals surface area contributed by atoms with Gasteiger partial charge in [0.25, 0.3) is 0 Å². The second-order valence-electron chi connectivity index (χ2n) is 5.45. The number of rotatable bonds is 12. The van der Waals surface area contributed by atoms with Crippen LogP contribution in [0.5, 0.6) is 0 Å². The van der Waals surface area contributed by atoms with Gasteiger partial charge in [0.15, 0.2) is 0 Å². The van der Waals surface area contributed by atoms with Crippen molar-refractivity contribution in [2.45, 2.75) is 72.1 Å². The standard InChI is InChI=1S/C17H34N.Li/c1-5-8-10-12-14-18(16-17(4)7-3)15-13-11-9-6-2;/h7H,3,5-6,8-16H2,1-2,4H3;/q-1;+1/b17-7+;. The van der Waals surface area contributed by atoms with Crippen LogP contribution < -0.4 is 18.9 Å². The Morgan fingerprint density at radius 1 is 0.895 bits per heavy atom. The van der Waals surface area contributed by atoms with E-state index in [1.807, 2.05) is 6.08 Å². The summed E-state index contributed by atoms with van der Waals surface area (Å²) in [5.41, 5.74) is 1.40. The molecule has 0 saturated heterocycles. The molecule has 19 heavy (non-hydrogen) atoms. The number of nitrogens with zero attached hydrogens (tertiary/aromatic N) is 1. The third-order valence-corrected chi connectivity index (χ3v) is 3.48. The summed E-state index contributed by atoms with van der Waals surface area (Å²) in [6.45, 7) is 14.2. The SMILES string of the molecule is [CH2-]/C=C(\C)CN(CCCCCC)CCCCCC.[Li+]. The first-order valence-corrected chi connectivity index (χ1v) is 7.91. The van der Waals surface area contributed by atoms with Gasteiger partial charge in [0.2, 0.25) is 0 Å². The summed E-state index contributed by atoms with van der Waals surface area (Å²) in [7, 11) is 0. The molecular formula is C17H34LiN. The van der Waals surface area contributed by atoms with Crippen LogP contribution >= 0.6 is 0 Å². The van der Waals surface area contributed by atoms with Crippen molar-refractivity contribution < 1.29 is 18.9 Å². The van der Waals surface area contributed by atoms with Gasteiger partial charge in [0, 0.05) is 0 Å². The molecule has 0 bridgehead atoms. The maximum absolute atomic E-state index is 3.87. The molecule has 0 atom stereocenters. The molecule has 0 aliphatic rings. The van der Waals surface area contributed by atoms with E-state index in [4.69, 9.17) is 0 Å². The monoisotopic (exact) mass is 259 g/mol. The zero-order valence-electron chi connectivity index (χ0n) is 14.0. The first kappa shape index (κ1) is 21.5. The number of allylic oxidation sites excluding steroid dienone is 1. The molecule has 108 valence electrons. The van der Waals surface area contributed by atoms with Gasteiger partial charge >= 0.3 is 18.9 Å². The van der Waals surface area contributed by atoms with E-state index >= 15 is 0 Å². The molecule has 0 rings (SSSR count). The molecule has 1 nitrogen and oxygen atoms in total. The van der Waals surface area contributed by atoms with E-state index in [0.717, 1.165) is 6.54 Å². The summed E-state index contributed by atoms with van der Waals surface area (Å²) in [6, 6.07) is 0. The van der Waals surface area contributed by atoms with Crippen molar-refractivity contribution in [3.63, 3.8) is 0 Å². The molecule has 0 heterocycles. The van der Waals surface area contributed by atoms with Gasteiger partial charge in [-0.2, -0.15) is 0 Å². The Morgan fingerprint density at radius 3 is 1.74 bits per heavy atom. The molecule has 2 heteroatoms. The van der Waals surface area contributed by atoms with Crippen molar-refractivity contribution in [1.29, 1.82) is 0 Å². The first-order valence-electron chi connectivity index (χ1n) is 7.91. The summed E-state index contributed by atoms with van der Waals surface area (Å²) in [5, 5.41) is 0. The Morgan fingerprint density at radius 2 is 1.37 bits per heavy atom. The zero-order valence-corrected chi connectivity index (χ0v) is 14.0. The predicted octanol–water partition coefficient (Wildman–Crippen LogP) is 2.23. The number of unbranched alkanes of at least 4 members (excludes halogenated alkanes) is 6. The van der Waals surface area contributed by atoms with Gasteiger partial charge in [-0.3, -0.25) is 0 Å². The average molecular weight is 259 g/mol. The summed E-state index contributed by atoms with van der Waals surface area (Å²) >= 11 is 0. The van der Waals surface area contributed by atoms with E-state index in [-0.39, 0.29) is 18.9 Å². The van der Waals surface area contributed by atoms with Crippen LogP contribution in [0.4, 0.5) is 0 Å². The normalized spacial score (nSPS) is 11.7. The molecule has 0 N–H and O–H groups in total. The van der Waals surface area contributed by atoms with E-state index in [9.17, 15) is 0 Å². The molecule has 0 aromatic heterocycles. The van der Waals surface area contributed by atoms with Crippen molar-refractivity contribution in [3.05, 3.63) is 18.6 Å². The van der Waals surface area contributed by atoms with Crippen molar-refractivity contribution in [2.24, 2.45) is 0 Å². The quantitative estimate of drug-likeness (QED) is 0.295. The van der Waals surface area contributed by atoms with Gasteiger partial charge < -0.3 is 4.90 Å². The molecule has 0 saturated carbocycles. The Bertz CT molecular complexity index is 189. The van der Waals surface area contributed by atoms with E-state index in [1.165, 1.54) is 70.0 Å². The third kappa shape index (κ3) is 14.4. The second-order valence-corrected chi connectivity index (χ2v) is 5.45. The molecular weight excluding hydrogens is 225 g/mol. The third-order valence-electron chi connectivity index (χ3n) is 3.48. The molecule has 0 aliphatic carbocycles. The van der Waals surface area contributed by atoms with Crippen molar-refractivity contribution in [3.8, 4) is 0 Å². The smallest absolute Gasteiger partial charge is 0.316 e.